The number of carbonyl (C=O) groups excluding carboxylic acids is 2. The maximum atomic E-state index is 12.6. The van der Waals surface area contributed by atoms with Gasteiger partial charge in [0.25, 0.3) is 5.91 Å². The molecule has 156 valence electrons. The quantitative estimate of drug-likeness (QED) is 0.755. The number of likely N-dealkylation sites (tertiary alicyclic amines) is 1. The second kappa shape index (κ2) is 9.40. The predicted molar refractivity (Wildman–Crippen MR) is 106 cm³/mol. The molecule has 2 aromatic rings. The van der Waals surface area contributed by atoms with Gasteiger partial charge in [-0.1, -0.05) is 0 Å². The van der Waals surface area contributed by atoms with Crippen LogP contribution in [0.4, 0.5) is 0 Å². The Labute approximate surface area is 170 Å². The van der Waals surface area contributed by atoms with Gasteiger partial charge in [0, 0.05) is 44.5 Å². The summed E-state index contributed by atoms with van der Waals surface area (Å²) in [5.41, 5.74) is 0.492. The van der Waals surface area contributed by atoms with E-state index in [9.17, 15) is 9.59 Å². The number of rotatable bonds is 7. The number of hydrogen-bond acceptors (Lipinski definition) is 6. The van der Waals surface area contributed by atoms with Crippen molar-refractivity contribution in [1.82, 2.24) is 25.0 Å². The SMILES string of the molecule is COc1cc(C(=O)N[C@H](C)Cn2cncn2)ccc1OC1CCN(C(C)=O)CC1. The number of ether oxygens (including phenoxy) is 2. The van der Waals surface area contributed by atoms with Crippen LogP contribution >= 0.6 is 0 Å². The third kappa shape index (κ3) is 5.46. The smallest absolute Gasteiger partial charge is 0.251 e. The molecule has 1 aromatic carbocycles. The first-order valence-electron chi connectivity index (χ1n) is 9.69. The molecule has 1 N–H and O–H groups in total. The first-order chi connectivity index (χ1) is 14.0. The lowest BCUT2D eigenvalue weighted by atomic mass is 10.1. The normalized spacial score (nSPS) is 15.6. The lowest BCUT2D eigenvalue weighted by Gasteiger charge is -2.31. The van der Waals surface area contributed by atoms with E-state index >= 15 is 0 Å². The zero-order valence-electron chi connectivity index (χ0n) is 17.0. The first-order valence-corrected chi connectivity index (χ1v) is 9.69. The van der Waals surface area contributed by atoms with Gasteiger partial charge in [-0.2, -0.15) is 5.10 Å². The van der Waals surface area contributed by atoms with E-state index in [-0.39, 0.29) is 24.0 Å². The summed E-state index contributed by atoms with van der Waals surface area (Å²) in [6.07, 6.45) is 4.62. The van der Waals surface area contributed by atoms with Crippen molar-refractivity contribution in [3.05, 3.63) is 36.4 Å². The van der Waals surface area contributed by atoms with Gasteiger partial charge in [0.1, 0.15) is 18.8 Å². The van der Waals surface area contributed by atoms with Gasteiger partial charge in [0.05, 0.1) is 13.7 Å². The van der Waals surface area contributed by atoms with Crippen LogP contribution in [-0.4, -0.2) is 63.8 Å². The molecule has 1 saturated heterocycles. The number of nitrogens with zero attached hydrogens (tertiary/aromatic N) is 4. The molecule has 0 saturated carbocycles. The summed E-state index contributed by atoms with van der Waals surface area (Å²) < 4.78 is 13.2. The van der Waals surface area contributed by atoms with Gasteiger partial charge in [-0.15, -0.1) is 0 Å². The minimum Gasteiger partial charge on any atom is -0.493 e. The number of piperidine rings is 1. The Bertz CT molecular complexity index is 831. The minimum absolute atomic E-state index is 0.0156. The average molecular weight is 401 g/mol. The third-order valence-electron chi connectivity index (χ3n) is 4.91. The maximum Gasteiger partial charge on any atom is 0.251 e. The van der Waals surface area contributed by atoms with Crippen LogP contribution in [0.25, 0.3) is 0 Å². The molecule has 1 aliphatic rings. The Hall–Kier alpha value is -3.10. The van der Waals surface area contributed by atoms with Crippen molar-refractivity contribution in [2.45, 2.75) is 45.4 Å². The van der Waals surface area contributed by atoms with Crippen molar-refractivity contribution in [3.63, 3.8) is 0 Å². The highest BCUT2D eigenvalue weighted by Crippen LogP contribution is 2.30. The molecule has 0 unspecified atom stereocenters. The summed E-state index contributed by atoms with van der Waals surface area (Å²) in [6.45, 7) is 5.39. The average Bonchev–Trinajstić information content (AvgIpc) is 3.21. The zero-order chi connectivity index (χ0) is 20.8. The van der Waals surface area contributed by atoms with Crippen molar-refractivity contribution >= 4 is 11.8 Å². The highest BCUT2D eigenvalue weighted by molar-refractivity contribution is 5.95. The van der Waals surface area contributed by atoms with E-state index in [0.29, 0.717) is 36.7 Å². The molecule has 0 radical (unpaired) electrons. The summed E-state index contributed by atoms with van der Waals surface area (Å²) in [5, 5.41) is 6.98. The molecule has 1 fully saturated rings. The minimum atomic E-state index is -0.197. The van der Waals surface area contributed by atoms with Gasteiger partial charge < -0.3 is 19.7 Å². The molecule has 0 bridgehead atoms. The van der Waals surface area contributed by atoms with Crippen molar-refractivity contribution in [2.75, 3.05) is 20.2 Å². The largest absolute Gasteiger partial charge is 0.493 e. The number of hydrogen-bond donors (Lipinski definition) is 1. The molecule has 29 heavy (non-hydrogen) atoms. The lowest BCUT2D eigenvalue weighted by Crippen LogP contribution is -2.40. The fraction of sp³-hybridized carbons (Fsp3) is 0.500. The summed E-state index contributed by atoms with van der Waals surface area (Å²) >= 11 is 0. The Balaban J connectivity index is 1.59. The first kappa shape index (κ1) is 20.6. The Morgan fingerprint density at radius 1 is 1.28 bits per heavy atom. The second-order valence-electron chi connectivity index (χ2n) is 7.18. The highest BCUT2D eigenvalue weighted by atomic mass is 16.5. The molecule has 1 atom stereocenters. The van der Waals surface area contributed by atoms with Crippen LogP contribution < -0.4 is 14.8 Å². The Morgan fingerprint density at radius 2 is 2.03 bits per heavy atom. The fourth-order valence-electron chi connectivity index (χ4n) is 3.33. The van der Waals surface area contributed by atoms with Crippen molar-refractivity contribution < 1.29 is 19.1 Å². The summed E-state index contributed by atoms with van der Waals surface area (Å²) in [4.78, 5) is 29.7. The van der Waals surface area contributed by atoms with Crippen LogP contribution in [0.3, 0.4) is 0 Å². The van der Waals surface area contributed by atoms with Crippen molar-refractivity contribution in [1.29, 1.82) is 0 Å². The fourth-order valence-corrected chi connectivity index (χ4v) is 3.33. The van der Waals surface area contributed by atoms with E-state index in [1.165, 1.54) is 6.33 Å². The van der Waals surface area contributed by atoms with E-state index in [1.54, 1.807) is 43.2 Å². The topological polar surface area (TPSA) is 98.6 Å². The molecule has 1 aromatic heterocycles. The van der Waals surface area contributed by atoms with Crippen LogP contribution in [0.1, 0.15) is 37.0 Å². The highest BCUT2D eigenvalue weighted by Gasteiger charge is 2.23. The van der Waals surface area contributed by atoms with Gasteiger partial charge in [-0.05, 0) is 25.1 Å². The zero-order valence-corrected chi connectivity index (χ0v) is 17.0. The number of carbonyl (C=O) groups is 2. The van der Waals surface area contributed by atoms with E-state index < -0.39 is 0 Å². The second-order valence-corrected chi connectivity index (χ2v) is 7.18. The van der Waals surface area contributed by atoms with E-state index in [4.69, 9.17) is 9.47 Å². The summed E-state index contributed by atoms with van der Waals surface area (Å²) in [7, 11) is 1.55. The molecule has 2 amide bonds. The van der Waals surface area contributed by atoms with Gasteiger partial charge in [-0.3, -0.25) is 14.3 Å². The number of amides is 2. The number of benzene rings is 1. The van der Waals surface area contributed by atoms with Crippen molar-refractivity contribution in [3.8, 4) is 11.5 Å². The van der Waals surface area contributed by atoms with Crippen LogP contribution in [0.5, 0.6) is 11.5 Å². The molecule has 9 heteroatoms. The predicted octanol–water partition coefficient (Wildman–Crippen LogP) is 1.49. The molecule has 1 aliphatic heterocycles. The van der Waals surface area contributed by atoms with E-state index in [2.05, 4.69) is 15.4 Å². The van der Waals surface area contributed by atoms with Gasteiger partial charge >= 0.3 is 0 Å². The van der Waals surface area contributed by atoms with Crippen molar-refractivity contribution in [2.24, 2.45) is 0 Å². The van der Waals surface area contributed by atoms with E-state index in [0.717, 1.165) is 12.8 Å². The molecular weight excluding hydrogens is 374 g/mol. The maximum absolute atomic E-state index is 12.6. The van der Waals surface area contributed by atoms with E-state index in [1.807, 2.05) is 11.8 Å². The third-order valence-corrected chi connectivity index (χ3v) is 4.91. The molecule has 3 rings (SSSR count). The number of aromatic nitrogens is 3. The monoisotopic (exact) mass is 401 g/mol. The van der Waals surface area contributed by atoms with Crippen LogP contribution in [-0.2, 0) is 11.3 Å². The number of methoxy groups -OCH3 is 1. The Kier molecular flexibility index (Phi) is 6.69. The van der Waals surface area contributed by atoms with Crippen LogP contribution in [0.2, 0.25) is 0 Å². The van der Waals surface area contributed by atoms with Gasteiger partial charge in [0.2, 0.25) is 5.91 Å². The summed E-state index contributed by atoms with van der Waals surface area (Å²) in [5.74, 6) is 1.00. The van der Waals surface area contributed by atoms with Crippen LogP contribution in [0.15, 0.2) is 30.9 Å². The van der Waals surface area contributed by atoms with Gasteiger partial charge in [-0.25, -0.2) is 4.98 Å². The molecular formula is C20H27N5O4. The van der Waals surface area contributed by atoms with Crippen LogP contribution in [0, 0.1) is 0 Å². The molecule has 9 nitrogen and oxygen atoms in total. The van der Waals surface area contributed by atoms with Gasteiger partial charge in [0.15, 0.2) is 11.5 Å². The molecule has 0 spiro atoms. The Morgan fingerprint density at radius 3 is 2.66 bits per heavy atom. The standard InChI is InChI=1S/C20H27N5O4/c1-14(11-25-13-21-12-22-25)23-20(27)16-4-5-18(19(10-16)28-3)29-17-6-8-24(9-7-17)15(2)26/h4-5,10,12-14,17H,6-9,11H2,1-3H3,(H,23,27)/t14-/m1/s1. The molecule has 2 heterocycles. The summed E-state index contributed by atoms with van der Waals surface area (Å²) in [6, 6.07) is 5.04. The molecule has 0 aliphatic carbocycles. The number of nitrogens with one attached hydrogen (secondary N) is 1. The lowest BCUT2D eigenvalue weighted by molar-refractivity contribution is -0.130.